The van der Waals surface area contributed by atoms with Crippen LogP contribution in [0.25, 0.3) is 0 Å². The molecular formula is C21H27NO2. The number of Topliss-reactive ketones (excluding diaryl/α,β-unsaturated/α-hetero) is 2. The number of hydrogen-bond acceptors (Lipinski definition) is 3. The maximum Gasteiger partial charge on any atom is 0.176 e. The zero-order chi connectivity index (χ0) is 17.3. The second-order valence-electron chi connectivity index (χ2n) is 8.86. The molecule has 2 saturated carbocycles. The van der Waals surface area contributed by atoms with Crippen molar-refractivity contribution in [2.45, 2.75) is 52.9 Å². The van der Waals surface area contributed by atoms with E-state index in [1.54, 1.807) is 6.92 Å². The Morgan fingerprint density at radius 2 is 2.00 bits per heavy atom. The summed E-state index contributed by atoms with van der Waals surface area (Å²) in [6, 6.07) is 0. The maximum absolute atomic E-state index is 12.1. The van der Waals surface area contributed by atoms with E-state index in [-0.39, 0.29) is 28.4 Å². The molecule has 0 saturated heterocycles. The minimum atomic E-state index is -0.0833. The molecule has 0 amide bonds. The average Bonchev–Trinajstić information content (AvgIpc) is 2.89. The first-order chi connectivity index (χ1) is 11.3. The van der Waals surface area contributed by atoms with Gasteiger partial charge in [-0.2, -0.15) is 0 Å². The summed E-state index contributed by atoms with van der Waals surface area (Å²) in [5.74, 6) is 1.38. The first-order valence-electron chi connectivity index (χ1n) is 9.30. The highest BCUT2D eigenvalue weighted by molar-refractivity contribution is 6.40. The van der Waals surface area contributed by atoms with Gasteiger partial charge >= 0.3 is 0 Å². The molecule has 4 aliphatic rings. The molecule has 1 unspecified atom stereocenters. The topological polar surface area (TPSA) is 58.0 Å². The normalized spacial score (nSPS) is 46.9. The molecule has 6 atom stereocenters. The summed E-state index contributed by atoms with van der Waals surface area (Å²) >= 11 is 0. The average molecular weight is 325 g/mol. The molecule has 0 spiro atoms. The van der Waals surface area contributed by atoms with Crippen LogP contribution in [0.15, 0.2) is 23.8 Å². The molecule has 0 radical (unpaired) electrons. The summed E-state index contributed by atoms with van der Waals surface area (Å²) in [6.07, 6.45) is 11.2. The second kappa shape index (κ2) is 5.00. The molecular weight excluding hydrogens is 298 g/mol. The molecule has 128 valence electrons. The smallest absolute Gasteiger partial charge is 0.176 e. The van der Waals surface area contributed by atoms with Gasteiger partial charge in [-0.1, -0.05) is 37.6 Å². The van der Waals surface area contributed by atoms with Crippen molar-refractivity contribution in [3.63, 3.8) is 0 Å². The Balaban J connectivity index is 1.76. The highest BCUT2D eigenvalue weighted by atomic mass is 16.1. The van der Waals surface area contributed by atoms with E-state index in [4.69, 9.17) is 5.41 Å². The third-order valence-electron chi connectivity index (χ3n) is 7.79. The van der Waals surface area contributed by atoms with Crippen molar-refractivity contribution in [3.8, 4) is 0 Å². The number of ketones is 2. The van der Waals surface area contributed by atoms with E-state index >= 15 is 0 Å². The van der Waals surface area contributed by atoms with Crippen molar-refractivity contribution in [3.05, 3.63) is 23.8 Å². The minimum Gasteiger partial charge on any atom is -0.301 e. The summed E-state index contributed by atoms with van der Waals surface area (Å²) in [7, 11) is 0. The summed E-state index contributed by atoms with van der Waals surface area (Å²) < 4.78 is 0. The lowest BCUT2D eigenvalue weighted by molar-refractivity contribution is -0.124. The van der Waals surface area contributed by atoms with E-state index in [2.05, 4.69) is 32.1 Å². The van der Waals surface area contributed by atoms with Gasteiger partial charge in [-0.05, 0) is 43.9 Å². The van der Waals surface area contributed by atoms with E-state index in [1.807, 2.05) is 0 Å². The predicted octanol–water partition coefficient (Wildman–Crippen LogP) is 4.13. The first-order valence-corrected chi connectivity index (χ1v) is 9.30. The van der Waals surface area contributed by atoms with Crippen LogP contribution in [-0.4, -0.2) is 17.3 Å². The van der Waals surface area contributed by atoms with Gasteiger partial charge in [0.2, 0.25) is 0 Å². The summed E-state index contributed by atoms with van der Waals surface area (Å²) in [6.45, 7) is 6.30. The van der Waals surface area contributed by atoms with Gasteiger partial charge in [0.1, 0.15) is 5.78 Å². The van der Waals surface area contributed by atoms with E-state index in [0.29, 0.717) is 29.8 Å². The van der Waals surface area contributed by atoms with Gasteiger partial charge < -0.3 is 5.41 Å². The molecule has 3 nitrogen and oxygen atoms in total. The van der Waals surface area contributed by atoms with Crippen molar-refractivity contribution >= 4 is 17.3 Å². The number of carbonyl (C=O) groups excluding carboxylic acids is 2. The number of hydrogen-bond donors (Lipinski definition) is 1. The Bertz CT molecular complexity index is 703. The molecule has 2 fully saturated rings. The van der Waals surface area contributed by atoms with Crippen LogP contribution in [0.1, 0.15) is 52.9 Å². The van der Waals surface area contributed by atoms with Crippen LogP contribution in [0.2, 0.25) is 0 Å². The first kappa shape index (κ1) is 16.0. The van der Waals surface area contributed by atoms with Crippen molar-refractivity contribution in [1.82, 2.24) is 0 Å². The van der Waals surface area contributed by atoms with Gasteiger partial charge in [0.25, 0.3) is 0 Å². The van der Waals surface area contributed by atoms with Crippen molar-refractivity contribution in [2.24, 2.45) is 34.5 Å². The number of allylic oxidation sites excluding steroid dienone is 4. The zero-order valence-corrected chi connectivity index (χ0v) is 14.9. The number of fused-ring (bicyclic) bond motifs is 5. The molecule has 0 aliphatic heterocycles. The number of nitrogens with one attached hydrogen (secondary N) is 1. The van der Waals surface area contributed by atoms with Crippen molar-refractivity contribution in [2.75, 3.05) is 0 Å². The van der Waals surface area contributed by atoms with Gasteiger partial charge in [-0.15, -0.1) is 0 Å². The van der Waals surface area contributed by atoms with Crippen molar-refractivity contribution in [1.29, 1.82) is 5.41 Å². The number of carbonyl (C=O) groups is 2. The maximum atomic E-state index is 12.1. The van der Waals surface area contributed by atoms with Crippen LogP contribution in [0, 0.1) is 39.9 Å². The minimum absolute atomic E-state index is 0.0133. The van der Waals surface area contributed by atoms with Gasteiger partial charge in [0, 0.05) is 29.6 Å². The molecule has 0 heterocycles. The Morgan fingerprint density at radius 1 is 1.25 bits per heavy atom. The summed E-state index contributed by atoms with van der Waals surface area (Å²) in [5.41, 5.74) is 1.73. The van der Waals surface area contributed by atoms with E-state index in [1.165, 1.54) is 5.57 Å². The van der Waals surface area contributed by atoms with Crippen LogP contribution in [0.5, 0.6) is 0 Å². The Kier molecular flexibility index (Phi) is 3.33. The standard InChI is InChI=1S/C21H27NO2/c1-12(23)14-6-7-15-13-4-5-17-19(22)18(24)9-11-21(17,3)16(13)8-10-20(14,15)2/h4-5,8,13-15,17,22H,6-7,9-11H2,1-3H3/t13-,14+,15-,17?,20+,21+/m0/s1. The summed E-state index contributed by atoms with van der Waals surface area (Å²) in [5, 5.41) is 8.25. The predicted molar refractivity (Wildman–Crippen MR) is 93.9 cm³/mol. The lowest BCUT2D eigenvalue weighted by Crippen LogP contribution is -2.49. The molecule has 4 rings (SSSR count). The Labute approximate surface area is 144 Å². The molecule has 0 aromatic carbocycles. The SMILES string of the molecule is CC(=O)[C@H]1CC[C@H]2[C@@H]3C=CC4C(=N)C(=O)CC[C@]4(C)C3=CC[C@]12C. The van der Waals surface area contributed by atoms with Crippen LogP contribution in [0.3, 0.4) is 0 Å². The van der Waals surface area contributed by atoms with Crippen LogP contribution in [0.4, 0.5) is 0 Å². The Morgan fingerprint density at radius 3 is 2.71 bits per heavy atom. The highest BCUT2D eigenvalue weighted by Gasteiger charge is 2.57. The zero-order valence-electron chi connectivity index (χ0n) is 14.9. The molecule has 0 aromatic rings. The van der Waals surface area contributed by atoms with Crippen LogP contribution >= 0.6 is 0 Å². The second-order valence-corrected chi connectivity index (χ2v) is 8.86. The monoisotopic (exact) mass is 325 g/mol. The highest BCUT2D eigenvalue weighted by Crippen LogP contribution is 2.63. The fraction of sp³-hybridized carbons (Fsp3) is 0.667. The van der Waals surface area contributed by atoms with Gasteiger partial charge in [0.05, 0.1) is 5.71 Å². The summed E-state index contributed by atoms with van der Waals surface area (Å²) in [4.78, 5) is 24.1. The molecule has 0 aromatic heterocycles. The van der Waals surface area contributed by atoms with Crippen LogP contribution in [-0.2, 0) is 9.59 Å². The lowest BCUT2D eigenvalue weighted by Gasteiger charge is -2.53. The molecule has 24 heavy (non-hydrogen) atoms. The third kappa shape index (κ3) is 1.87. The lowest BCUT2D eigenvalue weighted by atomic mass is 9.50. The molecule has 1 N–H and O–H groups in total. The quantitative estimate of drug-likeness (QED) is 0.737. The van der Waals surface area contributed by atoms with Crippen LogP contribution < -0.4 is 0 Å². The van der Waals surface area contributed by atoms with Gasteiger partial charge in [-0.3, -0.25) is 9.59 Å². The fourth-order valence-corrected chi connectivity index (χ4v) is 6.37. The van der Waals surface area contributed by atoms with Crippen molar-refractivity contribution < 1.29 is 9.59 Å². The molecule has 3 heteroatoms. The van der Waals surface area contributed by atoms with Gasteiger partial charge in [0.15, 0.2) is 5.78 Å². The molecule has 4 aliphatic carbocycles. The van der Waals surface area contributed by atoms with E-state index in [9.17, 15) is 9.59 Å². The van der Waals surface area contributed by atoms with E-state index in [0.717, 1.165) is 25.7 Å². The van der Waals surface area contributed by atoms with Gasteiger partial charge in [-0.25, -0.2) is 0 Å². The van der Waals surface area contributed by atoms with E-state index < -0.39 is 0 Å². The largest absolute Gasteiger partial charge is 0.301 e. The third-order valence-corrected chi connectivity index (χ3v) is 7.79. The number of rotatable bonds is 1. The molecule has 0 bridgehead atoms. The Hall–Kier alpha value is -1.51. The fourth-order valence-electron chi connectivity index (χ4n) is 6.37.